The van der Waals surface area contributed by atoms with Gasteiger partial charge in [-0.25, -0.2) is 14.8 Å². The van der Waals surface area contributed by atoms with Crippen LogP contribution in [0, 0.1) is 6.92 Å². The molecular formula is C29H42N6O4. The van der Waals surface area contributed by atoms with Crippen LogP contribution in [0.5, 0.6) is 0 Å². The van der Waals surface area contributed by atoms with Gasteiger partial charge in [-0.3, -0.25) is 4.90 Å². The minimum absolute atomic E-state index is 0.0619. The van der Waals surface area contributed by atoms with Crippen molar-refractivity contribution >= 4 is 22.8 Å². The zero-order chi connectivity index (χ0) is 28.3. The van der Waals surface area contributed by atoms with Crippen molar-refractivity contribution in [1.82, 2.24) is 24.8 Å². The minimum atomic E-state index is -1.09. The van der Waals surface area contributed by atoms with Gasteiger partial charge in [-0.2, -0.15) is 0 Å². The number of nitrogens with zero attached hydrogens (tertiary/aromatic N) is 4. The van der Waals surface area contributed by atoms with E-state index in [2.05, 4.69) is 60.1 Å². The zero-order valence-electron chi connectivity index (χ0n) is 23.8. The van der Waals surface area contributed by atoms with Crippen LogP contribution >= 0.6 is 0 Å². The molecule has 0 radical (unpaired) electrons. The second-order valence-corrected chi connectivity index (χ2v) is 11.6. The zero-order valence-corrected chi connectivity index (χ0v) is 23.8. The lowest BCUT2D eigenvalue weighted by molar-refractivity contribution is -0.0465. The number of aryl methyl sites for hydroxylation is 1. The molecule has 1 saturated heterocycles. The molecule has 2 unspecified atom stereocenters. The first-order valence-corrected chi connectivity index (χ1v) is 13.6. The Balaban J connectivity index is 1.27. The first-order chi connectivity index (χ1) is 18.5. The number of fused-ring (bicyclic) bond motifs is 1. The van der Waals surface area contributed by atoms with Gasteiger partial charge in [-0.15, -0.1) is 0 Å². The number of ether oxygens (including phenoxy) is 1. The van der Waals surface area contributed by atoms with E-state index >= 15 is 0 Å². The van der Waals surface area contributed by atoms with E-state index < -0.39 is 24.5 Å². The second kappa shape index (κ2) is 12.0. The molecule has 0 bridgehead atoms. The summed E-state index contributed by atoms with van der Waals surface area (Å²) in [6.07, 6.45) is 0.588. The van der Waals surface area contributed by atoms with Crippen LogP contribution in [0.3, 0.4) is 0 Å². The van der Waals surface area contributed by atoms with Crippen LogP contribution in [0.15, 0.2) is 42.9 Å². The van der Waals surface area contributed by atoms with Crippen LogP contribution in [0.25, 0.3) is 11.0 Å². The summed E-state index contributed by atoms with van der Waals surface area (Å²) < 4.78 is 7.94. The number of anilines is 1. The molecule has 2 aromatic heterocycles. The third kappa shape index (κ3) is 6.75. The van der Waals surface area contributed by atoms with Crippen molar-refractivity contribution in [3.8, 4) is 0 Å². The van der Waals surface area contributed by atoms with Crippen LogP contribution in [0.2, 0.25) is 0 Å². The fourth-order valence-corrected chi connectivity index (χ4v) is 4.92. The highest BCUT2D eigenvalue weighted by atomic mass is 16.6. The number of rotatable bonds is 9. The summed E-state index contributed by atoms with van der Waals surface area (Å²) in [5.41, 5.74) is 3.53. The molecule has 39 heavy (non-hydrogen) atoms. The molecule has 1 aliphatic heterocycles. The molecule has 0 saturated carbocycles. The maximum absolute atomic E-state index is 12.4. The van der Waals surface area contributed by atoms with Gasteiger partial charge in [0.2, 0.25) is 0 Å². The Morgan fingerprint density at radius 2 is 1.85 bits per heavy atom. The molecule has 10 nitrogen and oxygen atoms in total. The highest BCUT2D eigenvalue weighted by Gasteiger charge is 2.44. The maximum Gasteiger partial charge on any atom is 0.319 e. The van der Waals surface area contributed by atoms with Crippen molar-refractivity contribution in [3.05, 3.63) is 54.1 Å². The molecule has 1 aliphatic rings. The van der Waals surface area contributed by atoms with E-state index in [-0.39, 0.29) is 17.5 Å². The first kappa shape index (κ1) is 28.9. The summed E-state index contributed by atoms with van der Waals surface area (Å²) in [6, 6.07) is 9.74. The average molecular weight is 539 g/mol. The third-order valence-corrected chi connectivity index (χ3v) is 7.38. The predicted molar refractivity (Wildman–Crippen MR) is 152 cm³/mol. The van der Waals surface area contributed by atoms with Crippen molar-refractivity contribution in [3.63, 3.8) is 0 Å². The van der Waals surface area contributed by atoms with Crippen LogP contribution in [0.4, 0.5) is 10.5 Å². The summed E-state index contributed by atoms with van der Waals surface area (Å²) in [6.45, 7) is 14.2. The molecule has 3 heterocycles. The van der Waals surface area contributed by atoms with Crippen LogP contribution in [-0.4, -0.2) is 79.7 Å². The highest BCUT2D eigenvalue weighted by Crippen LogP contribution is 2.33. The number of hydrogen-bond donors (Lipinski definition) is 4. The number of carbonyl (C=O) groups is 1. The van der Waals surface area contributed by atoms with Crippen molar-refractivity contribution in [1.29, 1.82) is 0 Å². The molecular weight excluding hydrogens is 496 g/mol. The lowest BCUT2D eigenvalue weighted by Crippen LogP contribution is -2.44. The number of aromatic nitrogens is 3. The van der Waals surface area contributed by atoms with Gasteiger partial charge in [0.1, 0.15) is 30.3 Å². The number of hydrogen-bond acceptors (Lipinski definition) is 7. The van der Waals surface area contributed by atoms with Gasteiger partial charge in [-0.05, 0) is 56.4 Å². The molecule has 3 aromatic rings. The Morgan fingerprint density at radius 3 is 2.51 bits per heavy atom. The van der Waals surface area contributed by atoms with Crippen LogP contribution < -0.4 is 10.6 Å². The van der Waals surface area contributed by atoms with E-state index in [0.29, 0.717) is 25.3 Å². The average Bonchev–Trinajstić information content (AvgIpc) is 3.42. The van der Waals surface area contributed by atoms with Crippen LogP contribution in [0.1, 0.15) is 58.5 Å². The molecule has 4 atom stereocenters. The standard InChI is InChI=1S/C29H42N6O4/c1-18(2)34(14-7-13-30-28(38)33-21-10-8-20(9-11-21)29(4,5)6)16-23-24(36)25(37)27(39-23)35-15-12-22-19(3)31-17-32-26(22)35/h8-12,15,17-18,23-25,27,36-37H,7,13-14,16H2,1-6H3,(H2,30,33,38)/t23?,24-,25?,27-/m1/s1. The Kier molecular flexibility index (Phi) is 8.90. The van der Waals surface area contributed by atoms with E-state index in [0.717, 1.165) is 23.2 Å². The van der Waals surface area contributed by atoms with E-state index in [4.69, 9.17) is 4.74 Å². The Hall–Kier alpha value is -3.05. The van der Waals surface area contributed by atoms with Gasteiger partial charge in [0.15, 0.2) is 6.23 Å². The van der Waals surface area contributed by atoms with Crippen molar-refractivity contribution in [2.45, 2.75) is 84.0 Å². The molecule has 4 rings (SSSR count). The Labute approximate surface area is 230 Å². The number of aliphatic hydroxyl groups excluding tert-OH is 2. The molecule has 2 amide bonds. The molecule has 0 spiro atoms. The fraction of sp³-hybridized carbons (Fsp3) is 0.552. The van der Waals surface area contributed by atoms with E-state index in [9.17, 15) is 15.0 Å². The molecule has 1 fully saturated rings. The van der Waals surface area contributed by atoms with Gasteiger partial charge in [0.05, 0.1) is 5.69 Å². The van der Waals surface area contributed by atoms with Gasteiger partial charge < -0.3 is 30.2 Å². The molecule has 4 N–H and O–H groups in total. The first-order valence-electron chi connectivity index (χ1n) is 13.6. The van der Waals surface area contributed by atoms with Crippen LogP contribution in [-0.2, 0) is 10.2 Å². The van der Waals surface area contributed by atoms with E-state index in [1.165, 1.54) is 11.9 Å². The summed E-state index contributed by atoms with van der Waals surface area (Å²) in [5.74, 6) is 0. The van der Waals surface area contributed by atoms with Gasteiger partial charge in [0.25, 0.3) is 0 Å². The number of urea groups is 1. The smallest absolute Gasteiger partial charge is 0.319 e. The quantitative estimate of drug-likeness (QED) is 0.307. The monoisotopic (exact) mass is 538 g/mol. The summed E-state index contributed by atoms with van der Waals surface area (Å²) in [7, 11) is 0. The minimum Gasteiger partial charge on any atom is -0.387 e. The lowest BCUT2D eigenvalue weighted by Gasteiger charge is -2.30. The summed E-state index contributed by atoms with van der Waals surface area (Å²) in [5, 5.41) is 28.3. The topological polar surface area (TPSA) is 125 Å². The molecule has 0 aliphatic carbocycles. The summed E-state index contributed by atoms with van der Waals surface area (Å²) in [4.78, 5) is 23.1. The SMILES string of the molecule is Cc1ncnc2c1ccn2[C@@H]1OC(CN(CCCNC(=O)Nc2ccc(C(C)(C)C)cc2)C(C)C)[C@@H](O)C1O. The predicted octanol–water partition coefficient (Wildman–Crippen LogP) is 3.58. The number of amides is 2. The largest absolute Gasteiger partial charge is 0.387 e. The summed E-state index contributed by atoms with van der Waals surface area (Å²) >= 11 is 0. The van der Waals surface area contributed by atoms with Crippen molar-refractivity contribution in [2.24, 2.45) is 0 Å². The normalized spacial score (nSPS) is 21.7. The van der Waals surface area contributed by atoms with E-state index in [1.54, 1.807) is 4.57 Å². The maximum atomic E-state index is 12.4. The molecule has 10 heteroatoms. The number of nitrogens with one attached hydrogen (secondary N) is 2. The van der Waals surface area contributed by atoms with E-state index in [1.807, 2.05) is 43.5 Å². The van der Waals surface area contributed by atoms with Gasteiger partial charge >= 0.3 is 6.03 Å². The number of carbonyl (C=O) groups excluding carboxylic acids is 1. The van der Waals surface area contributed by atoms with Gasteiger partial charge in [0, 0.05) is 42.9 Å². The number of aliphatic hydroxyl groups is 2. The molecule has 1 aromatic carbocycles. The Bertz CT molecular complexity index is 1250. The van der Waals surface area contributed by atoms with Crippen molar-refractivity contribution in [2.75, 3.05) is 25.0 Å². The van der Waals surface area contributed by atoms with Crippen molar-refractivity contribution < 1.29 is 19.7 Å². The second-order valence-electron chi connectivity index (χ2n) is 11.6. The number of benzene rings is 1. The Morgan fingerprint density at radius 1 is 1.13 bits per heavy atom. The highest BCUT2D eigenvalue weighted by molar-refractivity contribution is 5.89. The lowest BCUT2D eigenvalue weighted by atomic mass is 9.87. The fourth-order valence-electron chi connectivity index (χ4n) is 4.92. The molecule has 212 valence electrons. The van der Waals surface area contributed by atoms with Gasteiger partial charge in [-0.1, -0.05) is 32.9 Å². The third-order valence-electron chi connectivity index (χ3n) is 7.38.